The normalized spacial score (nSPS) is 9.65. The molecule has 0 atom stereocenters. The number of rotatable bonds is 3. The molecule has 0 saturated carbocycles. The fourth-order valence-corrected chi connectivity index (χ4v) is 1.61. The summed E-state index contributed by atoms with van der Waals surface area (Å²) in [4.78, 5) is 15.6. The quantitative estimate of drug-likeness (QED) is 0.868. The molecule has 0 saturated heterocycles. The maximum absolute atomic E-state index is 13.2. The molecule has 5 nitrogen and oxygen atoms in total. The second-order valence-corrected chi connectivity index (χ2v) is 3.82. The summed E-state index contributed by atoms with van der Waals surface area (Å²) in [5.41, 5.74) is 0.607. The molecule has 2 rings (SSSR count). The van der Waals surface area contributed by atoms with E-state index in [0.29, 0.717) is 5.69 Å². The second-order valence-electron chi connectivity index (χ2n) is 3.82. The Morgan fingerprint density at radius 1 is 1.45 bits per heavy atom. The van der Waals surface area contributed by atoms with Crippen LogP contribution in [0, 0.1) is 17.1 Å². The Morgan fingerprint density at radius 3 is 2.95 bits per heavy atom. The molecule has 0 fully saturated rings. The van der Waals surface area contributed by atoms with Crippen LogP contribution in [-0.2, 0) is 4.74 Å². The Hall–Kier alpha value is -2.94. The van der Waals surface area contributed by atoms with Crippen LogP contribution in [0.2, 0.25) is 0 Å². The largest absolute Gasteiger partial charge is 0.465 e. The number of aromatic nitrogens is 1. The van der Waals surface area contributed by atoms with E-state index < -0.39 is 11.8 Å². The summed E-state index contributed by atoms with van der Waals surface area (Å²) in [7, 11) is 1.27. The van der Waals surface area contributed by atoms with Gasteiger partial charge in [-0.1, -0.05) is 0 Å². The van der Waals surface area contributed by atoms with Crippen molar-refractivity contribution in [2.75, 3.05) is 12.4 Å². The molecule has 100 valence electrons. The van der Waals surface area contributed by atoms with Crippen LogP contribution in [-0.4, -0.2) is 18.1 Å². The van der Waals surface area contributed by atoms with Gasteiger partial charge in [0.1, 0.15) is 23.3 Å². The van der Waals surface area contributed by atoms with Gasteiger partial charge in [-0.3, -0.25) is 0 Å². The maximum Gasteiger partial charge on any atom is 0.341 e. The molecule has 0 amide bonds. The fourth-order valence-electron chi connectivity index (χ4n) is 1.61. The van der Waals surface area contributed by atoms with E-state index in [4.69, 9.17) is 5.26 Å². The highest BCUT2D eigenvalue weighted by Crippen LogP contribution is 2.21. The van der Waals surface area contributed by atoms with Gasteiger partial charge in [-0.2, -0.15) is 5.26 Å². The van der Waals surface area contributed by atoms with Gasteiger partial charge in [-0.15, -0.1) is 0 Å². The highest BCUT2D eigenvalue weighted by atomic mass is 19.1. The van der Waals surface area contributed by atoms with Crippen LogP contribution in [0.5, 0.6) is 0 Å². The Bertz CT molecular complexity index is 695. The highest BCUT2D eigenvalue weighted by Gasteiger charge is 2.13. The summed E-state index contributed by atoms with van der Waals surface area (Å²) in [5.74, 6) is -0.870. The maximum atomic E-state index is 13.2. The van der Waals surface area contributed by atoms with Gasteiger partial charge in [0.25, 0.3) is 0 Å². The molecule has 1 N–H and O–H groups in total. The average Bonchev–Trinajstić information content (AvgIpc) is 2.49. The van der Waals surface area contributed by atoms with Gasteiger partial charge in [-0.05, 0) is 30.3 Å². The van der Waals surface area contributed by atoms with Gasteiger partial charge < -0.3 is 10.1 Å². The summed E-state index contributed by atoms with van der Waals surface area (Å²) < 4.78 is 17.9. The van der Waals surface area contributed by atoms with Crippen molar-refractivity contribution in [2.45, 2.75) is 0 Å². The van der Waals surface area contributed by atoms with E-state index in [1.807, 2.05) is 0 Å². The number of nitriles is 1. The van der Waals surface area contributed by atoms with E-state index in [9.17, 15) is 9.18 Å². The zero-order valence-corrected chi connectivity index (χ0v) is 10.6. The second kappa shape index (κ2) is 5.80. The number of hydrogen-bond acceptors (Lipinski definition) is 5. The number of hydrogen-bond donors (Lipinski definition) is 1. The minimum atomic E-state index is -0.604. The summed E-state index contributed by atoms with van der Waals surface area (Å²) in [6, 6.07) is 8.85. The Balaban J connectivity index is 2.36. The summed E-state index contributed by atoms with van der Waals surface area (Å²) in [6.07, 6.45) is 1.50. The predicted molar refractivity (Wildman–Crippen MR) is 70.0 cm³/mol. The third-order valence-electron chi connectivity index (χ3n) is 2.56. The van der Waals surface area contributed by atoms with Crippen LogP contribution in [0.15, 0.2) is 36.5 Å². The zero-order valence-electron chi connectivity index (χ0n) is 10.6. The third kappa shape index (κ3) is 2.72. The van der Waals surface area contributed by atoms with Crippen molar-refractivity contribution in [2.24, 2.45) is 0 Å². The van der Waals surface area contributed by atoms with E-state index in [-0.39, 0.29) is 16.9 Å². The average molecular weight is 271 g/mol. The predicted octanol–water partition coefficient (Wildman–Crippen LogP) is 2.62. The number of ether oxygens (including phenoxy) is 1. The number of pyridine rings is 1. The first kappa shape index (κ1) is 13.5. The minimum Gasteiger partial charge on any atom is -0.465 e. The lowest BCUT2D eigenvalue weighted by Gasteiger charge is -2.09. The molecule has 1 aromatic carbocycles. The Labute approximate surface area is 114 Å². The number of anilines is 2. The van der Waals surface area contributed by atoms with Crippen LogP contribution < -0.4 is 5.32 Å². The number of carbonyl (C=O) groups is 1. The Kier molecular flexibility index (Phi) is 3.91. The standard InChI is InChI=1S/C14H10FN3O2/c1-20-14(19)11-3-2-6-17-13(11)18-10-4-5-12(15)9(7-10)8-16/h2-7H,1H3,(H,17,18). The monoisotopic (exact) mass is 271 g/mol. The van der Waals surface area contributed by atoms with Crippen molar-refractivity contribution < 1.29 is 13.9 Å². The van der Waals surface area contributed by atoms with E-state index in [2.05, 4.69) is 15.0 Å². The molecule has 0 aliphatic heterocycles. The van der Waals surface area contributed by atoms with Crippen molar-refractivity contribution >= 4 is 17.5 Å². The van der Waals surface area contributed by atoms with Crippen LogP contribution >= 0.6 is 0 Å². The van der Waals surface area contributed by atoms with Crippen molar-refractivity contribution in [1.29, 1.82) is 5.26 Å². The fraction of sp³-hybridized carbons (Fsp3) is 0.0714. The van der Waals surface area contributed by atoms with Gasteiger partial charge in [0.2, 0.25) is 0 Å². The number of halogens is 1. The molecule has 2 aromatic rings. The molecular weight excluding hydrogens is 261 g/mol. The minimum absolute atomic E-state index is 0.0921. The van der Waals surface area contributed by atoms with E-state index in [1.165, 1.54) is 31.5 Å². The smallest absolute Gasteiger partial charge is 0.341 e. The third-order valence-corrected chi connectivity index (χ3v) is 2.56. The molecule has 1 heterocycles. The lowest BCUT2D eigenvalue weighted by molar-refractivity contribution is 0.0601. The SMILES string of the molecule is COC(=O)c1cccnc1Nc1ccc(F)c(C#N)c1. The van der Waals surface area contributed by atoms with Crippen LogP contribution in [0.25, 0.3) is 0 Å². The number of methoxy groups -OCH3 is 1. The summed E-state index contributed by atoms with van der Waals surface area (Å²) >= 11 is 0. The molecule has 0 bridgehead atoms. The van der Waals surface area contributed by atoms with E-state index in [0.717, 1.165) is 0 Å². The van der Waals surface area contributed by atoms with Gasteiger partial charge in [-0.25, -0.2) is 14.2 Å². The van der Waals surface area contributed by atoms with Crippen LogP contribution in [0.3, 0.4) is 0 Å². The van der Waals surface area contributed by atoms with Crippen LogP contribution in [0.4, 0.5) is 15.9 Å². The van der Waals surface area contributed by atoms with Crippen molar-refractivity contribution in [1.82, 2.24) is 4.98 Å². The molecular formula is C14H10FN3O2. The van der Waals surface area contributed by atoms with Gasteiger partial charge >= 0.3 is 5.97 Å². The number of carbonyl (C=O) groups excluding carboxylic acids is 1. The summed E-state index contributed by atoms with van der Waals surface area (Å²) in [5, 5.41) is 11.6. The lowest BCUT2D eigenvalue weighted by atomic mass is 10.2. The first-order valence-corrected chi connectivity index (χ1v) is 5.65. The van der Waals surface area contributed by atoms with Crippen molar-refractivity contribution in [3.8, 4) is 6.07 Å². The Morgan fingerprint density at radius 2 is 2.25 bits per heavy atom. The first-order valence-electron chi connectivity index (χ1n) is 5.65. The van der Waals surface area contributed by atoms with Gasteiger partial charge in [0.05, 0.1) is 12.7 Å². The zero-order chi connectivity index (χ0) is 14.5. The van der Waals surface area contributed by atoms with Gasteiger partial charge in [0, 0.05) is 11.9 Å². The molecule has 6 heteroatoms. The van der Waals surface area contributed by atoms with Crippen molar-refractivity contribution in [3.63, 3.8) is 0 Å². The number of nitrogens with one attached hydrogen (secondary N) is 1. The number of esters is 1. The van der Waals surface area contributed by atoms with Gasteiger partial charge in [0.15, 0.2) is 0 Å². The molecule has 0 unspecified atom stereocenters. The molecule has 0 spiro atoms. The first-order chi connectivity index (χ1) is 9.65. The molecule has 0 aliphatic carbocycles. The van der Waals surface area contributed by atoms with E-state index in [1.54, 1.807) is 18.2 Å². The number of benzene rings is 1. The molecule has 20 heavy (non-hydrogen) atoms. The molecule has 0 aliphatic rings. The van der Waals surface area contributed by atoms with E-state index >= 15 is 0 Å². The lowest BCUT2D eigenvalue weighted by Crippen LogP contribution is -2.07. The van der Waals surface area contributed by atoms with Crippen LogP contribution in [0.1, 0.15) is 15.9 Å². The molecule has 0 radical (unpaired) electrons. The molecule has 1 aromatic heterocycles. The number of nitrogens with zero attached hydrogens (tertiary/aromatic N) is 2. The highest BCUT2D eigenvalue weighted by molar-refractivity contribution is 5.95. The van der Waals surface area contributed by atoms with Crippen molar-refractivity contribution in [3.05, 3.63) is 53.5 Å². The topological polar surface area (TPSA) is 75.0 Å². The summed E-state index contributed by atoms with van der Waals surface area (Å²) in [6.45, 7) is 0.